The van der Waals surface area contributed by atoms with Crippen LogP contribution in [0.5, 0.6) is 0 Å². The van der Waals surface area contributed by atoms with Gasteiger partial charge in [-0.25, -0.2) is 4.79 Å². The van der Waals surface area contributed by atoms with E-state index in [1.54, 1.807) is 6.07 Å². The number of carbonyl (C=O) groups excluding carboxylic acids is 1. The molecule has 0 fully saturated rings. The standard InChI is InChI=1S/C15H15NO3S/c1-8-6-9(2)13(10(3)7-8)14(17)16-12-5-4-11(20-12)15(18)19/h4-7H,1-3H3,(H,16,17)(H,18,19). The van der Waals surface area contributed by atoms with E-state index in [2.05, 4.69) is 5.32 Å². The van der Waals surface area contributed by atoms with Crippen molar-refractivity contribution in [2.24, 2.45) is 0 Å². The van der Waals surface area contributed by atoms with E-state index in [1.165, 1.54) is 6.07 Å². The van der Waals surface area contributed by atoms with Crippen LogP contribution >= 0.6 is 11.3 Å². The number of aryl methyl sites for hydroxylation is 3. The van der Waals surface area contributed by atoms with Crippen LogP contribution in [0.4, 0.5) is 5.00 Å². The fourth-order valence-corrected chi connectivity index (χ4v) is 2.97. The number of hydrogen-bond acceptors (Lipinski definition) is 3. The van der Waals surface area contributed by atoms with Crippen LogP contribution in [0.1, 0.15) is 36.7 Å². The van der Waals surface area contributed by atoms with Gasteiger partial charge in [0.25, 0.3) is 5.91 Å². The second kappa shape index (κ2) is 5.46. The third-order valence-electron chi connectivity index (χ3n) is 2.96. The van der Waals surface area contributed by atoms with Crippen molar-refractivity contribution in [2.75, 3.05) is 5.32 Å². The molecular weight excluding hydrogens is 274 g/mol. The van der Waals surface area contributed by atoms with Gasteiger partial charge < -0.3 is 10.4 Å². The molecule has 0 aliphatic heterocycles. The summed E-state index contributed by atoms with van der Waals surface area (Å²) < 4.78 is 0. The number of hydrogen-bond donors (Lipinski definition) is 2. The van der Waals surface area contributed by atoms with E-state index in [4.69, 9.17) is 5.11 Å². The molecule has 0 aliphatic carbocycles. The molecule has 1 aromatic carbocycles. The minimum absolute atomic E-state index is 0.206. The van der Waals surface area contributed by atoms with Crippen molar-refractivity contribution >= 4 is 28.2 Å². The summed E-state index contributed by atoms with van der Waals surface area (Å²) in [5, 5.41) is 12.2. The van der Waals surface area contributed by atoms with Crippen LogP contribution in [-0.2, 0) is 0 Å². The zero-order valence-corrected chi connectivity index (χ0v) is 12.3. The highest BCUT2D eigenvalue weighted by Crippen LogP contribution is 2.24. The van der Waals surface area contributed by atoms with Crippen LogP contribution in [0.3, 0.4) is 0 Å². The predicted octanol–water partition coefficient (Wildman–Crippen LogP) is 3.62. The zero-order valence-electron chi connectivity index (χ0n) is 11.5. The fourth-order valence-electron chi connectivity index (χ4n) is 2.23. The van der Waals surface area contributed by atoms with Crippen molar-refractivity contribution in [3.8, 4) is 0 Å². The molecule has 0 spiro atoms. The van der Waals surface area contributed by atoms with E-state index in [-0.39, 0.29) is 10.8 Å². The van der Waals surface area contributed by atoms with Crippen molar-refractivity contribution in [3.05, 3.63) is 51.4 Å². The van der Waals surface area contributed by atoms with Crippen LogP contribution < -0.4 is 5.32 Å². The smallest absolute Gasteiger partial charge is 0.345 e. The Labute approximate surface area is 121 Å². The Hall–Kier alpha value is -2.14. The second-order valence-corrected chi connectivity index (χ2v) is 5.78. The molecule has 0 radical (unpaired) electrons. The van der Waals surface area contributed by atoms with E-state index < -0.39 is 5.97 Å². The maximum atomic E-state index is 12.3. The number of nitrogens with one attached hydrogen (secondary N) is 1. The maximum Gasteiger partial charge on any atom is 0.345 e. The van der Waals surface area contributed by atoms with E-state index >= 15 is 0 Å². The fraction of sp³-hybridized carbons (Fsp3) is 0.200. The lowest BCUT2D eigenvalue weighted by atomic mass is 9.99. The first-order valence-electron chi connectivity index (χ1n) is 6.11. The van der Waals surface area contributed by atoms with E-state index in [9.17, 15) is 9.59 Å². The third kappa shape index (κ3) is 2.88. The number of benzene rings is 1. The molecule has 0 atom stereocenters. The van der Waals surface area contributed by atoms with Crippen LogP contribution in [0.2, 0.25) is 0 Å². The van der Waals surface area contributed by atoms with Gasteiger partial charge in [-0.1, -0.05) is 17.7 Å². The minimum atomic E-state index is -0.988. The Bertz CT molecular complexity index is 665. The first-order valence-corrected chi connectivity index (χ1v) is 6.92. The van der Waals surface area contributed by atoms with E-state index in [0.717, 1.165) is 28.0 Å². The lowest BCUT2D eigenvalue weighted by molar-refractivity contribution is 0.0702. The number of anilines is 1. The van der Waals surface area contributed by atoms with Crippen molar-refractivity contribution in [1.29, 1.82) is 0 Å². The van der Waals surface area contributed by atoms with E-state index in [0.29, 0.717) is 10.6 Å². The van der Waals surface area contributed by atoms with Crippen LogP contribution in [0.15, 0.2) is 24.3 Å². The highest BCUT2D eigenvalue weighted by atomic mass is 32.1. The molecule has 0 saturated heterocycles. The van der Waals surface area contributed by atoms with Crippen LogP contribution in [-0.4, -0.2) is 17.0 Å². The Kier molecular flexibility index (Phi) is 3.90. The molecule has 104 valence electrons. The molecule has 2 rings (SSSR count). The highest BCUT2D eigenvalue weighted by molar-refractivity contribution is 7.18. The lowest BCUT2D eigenvalue weighted by Gasteiger charge is -2.10. The van der Waals surface area contributed by atoms with Gasteiger partial charge in [0.15, 0.2) is 0 Å². The quantitative estimate of drug-likeness (QED) is 0.906. The van der Waals surface area contributed by atoms with Gasteiger partial charge >= 0.3 is 5.97 Å². The summed E-state index contributed by atoms with van der Waals surface area (Å²) in [4.78, 5) is 23.3. The molecule has 0 bridgehead atoms. The summed E-state index contributed by atoms with van der Waals surface area (Å²) in [5.74, 6) is -1.20. The number of aromatic carboxylic acids is 1. The van der Waals surface area contributed by atoms with Gasteiger partial charge in [0, 0.05) is 5.56 Å². The first kappa shape index (κ1) is 14.3. The van der Waals surface area contributed by atoms with Crippen LogP contribution in [0.25, 0.3) is 0 Å². The summed E-state index contributed by atoms with van der Waals surface area (Å²) >= 11 is 1.05. The summed E-state index contributed by atoms with van der Waals surface area (Å²) in [6.45, 7) is 5.78. The molecular formula is C15H15NO3S. The second-order valence-electron chi connectivity index (χ2n) is 4.70. The number of carboxylic acids is 1. The van der Waals surface area contributed by atoms with Crippen LogP contribution in [0, 0.1) is 20.8 Å². The molecule has 0 saturated carbocycles. The third-order valence-corrected chi connectivity index (χ3v) is 3.95. The summed E-state index contributed by atoms with van der Waals surface area (Å²) in [6, 6.07) is 7.00. The predicted molar refractivity (Wildman–Crippen MR) is 79.9 cm³/mol. The molecule has 5 heteroatoms. The Morgan fingerprint density at radius 3 is 2.20 bits per heavy atom. The Balaban J connectivity index is 2.26. The SMILES string of the molecule is Cc1cc(C)c(C(=O)Nc2ccc(C(=O)O)s2)c(C)c1. The largest absolute Gasteiger partial charge is 0.477 e. The summed E-state index contributed by atoms with van der Waals surface area (Å²) in [6.07, 6.45) is 0. The summed E-state index contributed by atoms with van der Waals surface area (Å²) in [5.41, 5.74) is 3.58. The maximum absolute atomic E-state index is 12.3. The van der Waals surface area contributed by atoms with Gasteiger partial charge in [0.1, 0.15) is 4.88 Å². The first-order chi connectivity index (χ1) is 9.38. The number of amides is 1. The zero-order chi connectivity index (χ0) is 14.9. The van der Waals surface area contributed by atoms with Gasteiger partial charge in [-0.2, -0.15) is 0 Å². The molecule has 20 heavy (non-hydrogen) atoms. The van der Waals surface area contributed by atoms with Gasteiger partial charge in [-0.05, 0) is 44.0 Å². The molecule has 0 aliphatic rings. The topological polar surface area (TPSA) is 66.4 Å². The molecule has 0 unspecified atom stereocenters. The highest BCUT2D eigenvalue weighted by Gasteiger charge is 2.15. The van der Waals surface area contributed by atoms with Gasteiger partial charge in [0.05, 0.1) is 5.00 Å². The minimum Gasteiger partial charge on any atom is -0.477 e. The van der Waals surface area contributed by atoms with Crippen molar-refractivity contribution < 1.29 is 14.7 Å². The van der Waals surface area contributed by atoms with Gasteiger partial charge in [-0.3, -0.25) is 4.79 Å². The van der Waals surface area contributed by atoms with Crippen molar-refractivity contribution in [3.63, 3.8) is 0 Å². The average molecular weight is 289 g/mol. The molecule has 2 aromatic rings. The average Bonchev–Trinajstić information content (AvgIpc) is 2.75. The van der Waals surface area contributed by atoms with Gasteiger partial charge in [-0.15, -0.1) is 11.3 Å². The molecule has 2 N–H and O–H groups in total. The number of carbonyl (C=O) groups is 2. The lowest BCUT2D eigenvalue weighted by Crippen LogP contribution is -2.14. The van der Waals surface area contributed by atoms with Crippen molar-refractivity contribution in [1.82, 2.24) is 0 Å². The normalized spacial score (nSPS) is 10.3. The molecule has 1 aromatic heterocycles. The number of thiophene rings is 1. The Morgan fingerprint density at radius 2 is 1.70 bits per heavy atom. The van der Waals surface area contributed by atoms with Gasteiger partial charge in [0.2, 0.25) is 0 Å². The van der Waals surface area contributed by atoms with E-state index in [1.807, 2.05) is 32.9 Å². The van der Waals surface area contributed by atoms with Crippen molar-refractivity contribution in [2.45, 2.75) is 20.8 Å². The number of carboxylic acid groups (broad SMARTS) is 1. The molecule has 1 amide bonds. The monoisotopic (exact) mass is 289 g/mol. The molecule has 1 heterocycles. The number of rotatable bonds is 3. The molecule has 4 nitrogen and oxygen atoms in total. The summed E-state index contributed by atoms with van der Waals surface area (Å²) in [7, 11) is 0. The Morgan fingerprint density at radius 1 is 1.10 bits per heavy atom.